The number of ether oxygens (including phenoxy) is 1. The number of fused-ring (bicyclic) bond motifs is 1. The molecule has 0 radical (unpaired) electrons. The number of benzene rings is 1. The SMILES string of the molecule is CCNC1CC(c2cnn(C)c2C)Oc2ccc(C)cc21. The lowest BCUT2D eigenvalue weighted by Crippen LogP contribution is -2.29. The molecule has 112 valence electrons. The monoisotopic (exact) mass is 285 g/mol. The normalized spacial score (nSPS) is 21.0. The minimum absolute atomic E-state index is 0.0676. The molecule has 1 aromatic carbocycles. The van der Waals surface area contributed by atoms with Crippen molar-refractivity contribution in [3.63, 3.8) is 0 Å². The predicted octanol–water partition coefficient (Wildman–Crippen LogP) is 3.21. The highest BCUT2D eigenvalue weighted by atomic mass is 16.5. The summed E-state index contributed by atoms with van der Waals surface area (Å²) in [5.41, 5.74) is 4.91. The number of nitrogens with zero attached hydrogens (tertiary/aromatic N) is 2. The molecule has 1 aliphatic rings. The van der Waals surface area contributed by atoms with E-state index in [-0.39, 0.29) is 6.10 Å². The van der Waals surface area contributed by atoms with Gasteiger partial charge < -0.3 is 10.1 Å². The highest BCUT2D eigenvalue weighted by Gasteiger charge is 2.30. The summed E-state index contributed by atoms with van der Waals surface area (Å²) in [7, 11) is 1.97. The number of aryl methyl sites for hydroxylation is 2. The summed E-state index contributed by atoms with van der Waals surface area (Å²) in [6.07, 6.45) is 2.94. The van der Waals surface area contributed by atoms with E-state index in [0.29, 0.717) is 6.04 Å². The lowest BCUT2D eigenvalue weighted by atomic mass is 9.92. The zero-order valence-corrected chi connectivity index (χ0v) is 13.2. The lowest BCUT2D eigenvalue weighted by molar-refractivity contribution is 0.151. The van der Waals surface area contributed by atoms with Crippen LogP contribution in [0.5, 0.6) is 5.75 Å². The van der Waals surface area contributed by atoms with Crippen LogP contribution in [0.1, 0.15) is 47.9 Å². The molecule has 1 N–H and O–H groups in total. The van der Waals surface area contributed by atoms with E-state index in [0.717, 1.165) is 18.7 Å². The third-order valence-electron chi connectivity index (χ3n) is 4.33. The van der Waals surface area contributed by atoms with Crippen LogP contribution in [0.3, 0.4) is 0 Å². The largest absolute Gasteiger partial charge is 0.485 e. The Morgan fingerprint density at radius 3 is 2.81 bits per heavy atom. The fourth-order valence-corrected chi connectivity index (χ4v) is 3.05. The standard InChI is InChI=1S/C17H23N3O/c1-5-18-15-9-17(14-10-19-20(4)12(14)3)21-16-7-6-11(2)8-13(15)16/h6-8,10,15,17-18H,5,9H2,1-4H3. The molecule has 0 saturated heterocycles. The molecule has 4 nitrogen and oxygen atoms in total. The summed E-state index contributed by atoms with van der Waals surface area (Å²) < 4.78 is 8.16. The third kappa shape index (κ3) is 2.56. The molecule has 1 aliphatic heterocycles. The Morgan fingerprint density at radius 2 is 2.14 bits per heavy atom. The number of hydrogen-bond acceptors (Lipinski definition) is 3. The lowest BCUT2D eigenvalue weighted by Gasteiger charge is -2.33. The number of rotatable bonds is 3. The van der Waals surface area contributed by atoms with E-state index in [9.17, 15) is 0 Å². The first kappa shape index (κ1) is 14.1. The second-order valence-corrected chi connectivity index (χ2v) is 5.80. The summed E-state index contributed by atoms with van der Waals surface area (Å²) in [5, 5.41) is 7.94. The van der Waals surface area contributed by atoms with Gasteiger partial charge in [0.05, 0.1) is 6.20 Å². The first-order valence-electron chi connectivity index (χ1n) is 7.59. The Morgan fingerprint density at radius 1 is 1.33 bits per heavy atom. The molecule has 1 aromatic heterocycles. The number of aromatic nitrogens is 2. The number of nitrogens with one attached hydrogen (secondary N) is 1. The quantitative estimate of drug-likeness (QED) is 0.941. The summed E-state index contributed by atoms with van der Waals surface area (Å²) in [5.74, 6) is 0.992. The summed E-state index contributed by atoms with van der Waals surface area (Å²) in [6.45, 7) is 7.32. The first-order valence-corrected chi connectivity index (χ1v) is 7.59. The Balaban J connectivity index is 1.97. The van der Waals surface area contributed by atoms with Gasteiger partial charge in [-0.1, -0.05) is 24.6 Å². The van der Waals surface area contributed by atoms with Gasteiger partial charge in [-0.05, 0) is 26.5 Å². The van der Waals surface area contributed by atoms with Crippen molar-refractivity contribution in [1.29, 1.82) is 0 Å². The van der Waals surface area contributed by atoms with Crippen LogP contribution >= 0.6 is 0 Å². The Bertz CT molecular complexity index is 647. The molecule has 0 aliphatic carbocycles. The molecule has 0 amide bonds. The van der Waals surface area contributed by atoms with Gasteiger partial charge in [-0.15, -0.1) is 0 Å². The van der Waals surface area contributed by atoms with E-state index in [4.69, 9.17) is 4.74 Å². The highest BCUT2D eigenvalue weighted by Crippen LogP contribution is 2.41. The average Bonchev–Trinajstić information content (AvgIpc) is 2.80. The van der Waals surface area contributed by atoms with E-state index in [1.807, 2.05) is 17.9 Å². The molecule has 0 bridgehead atoms. The topological polar surface area (TPSA) is 39.1 Å². The van der Waals surface area contributed by atoms with Crippen molar-refractivity contribution >= 4 is 0 Å². The summed E-state index contributed by atoms with van der Waals surface area (Å²) in [4.78, 5) is 0. The fraction of sp³-hybridized carbons (Fsp3) is 0.471. The van der Waals surface area contributed by atoms with Gasteiger partial charge in [0.2, 0.25) is 0 Å². The molecule has 0 spiro atoms. The van der Waals surface area contributed by atoms with Crippen molar-refractivity contribution in [1.82, 2.24) is 15.1 Å². The van der Waals surface area contributed by atoms with Crippen LogP contribution in [0, 0.1) is 13.8 Å². The van der Waals surface area contributed by atoms with Crippen LogP contribution < -0.4 is 10.1 Å². The van der Waals surface area contributed by atoms with Crippen LogP contribution in [0.15, 0.2) is 24.4 Å². The second-order valence-electron chi connectivity index (χ2n) is 5.80. The average molecular weight is 285 g/mol. The van der Waals surface area contributed by atoms with Crippen molar-refractivity contribution in [2.75, 3.05) is 6.54 Å². The molecule has 0 fully saturated rings. The molecule has 4 heteroatoms. The van der Waals surface area contributed by atoms with Crippen molar-refractivity contribution in [3.05, 3.63) is 46.8 Å². The van der Waals surface area contributed by atoms with Crippen LogP contribution in [0.25, 0.3) is 0 Å². The summed E-state index contributed by atoms with van der Waals surface area (Å²) in [6, 6.07) is 6.77. The molecule has 2 unspecified atom stereocenters. The van der Waals surface area contributed by atoms with Crippen LogP contribution in [0.2, 0.25) is 0 Å². The van der Waals surface area contributed by atoms with Gasteiger partial charge in [-0.2, -0.15) is 5.10 Å². The van der Waals surface area contributed by atoms with Crippen LogP contribution in [0.4, 0.5) is 0 Å². The van der Waals surface area contributed by atoms with E-state index in [2.05, 4.69) is 49.4 Å². The van der Waals surface area contributed by atoms with Crippen LogP contribution in [-0.4, -0.2) is 16.3 Å². The van der Waals surface area contributed by atoms with Crippen molar-refractivity contribution in [2.24, 2.45) is 7.05 Å². The highest BCUT2D eigenvalue weighted by molar-refractivity contribution is 5.42. The van der Waals surface area contributed by atoms with Gasteiger partial charge in [0, 0.05) is 36.3 Å². The maximum absolute atomic E-state index is 6.25. The zero-order valence-electron chi connectivity index (χ0n) is 13.2. The van der Waals surface area contributed by atoms with Crippen molar-refractivity contribution < 1.29 is 4.74 Å². The van der Waals surface area contributed by atoms with Gasteiger partial charge >= 0.3 is 0 Å². The molecular formula is C17H23N3O. The maximum atomic E-state index is 6.25. The van der Waals surface area contributed by atoms with E-state index in [1.54, 1.807) is 0 Å². The van der Waals surface area contributed by atoms with E-state index < -0.39 is 0 Å². The maximum Gasteiger partial charge on any atom is 0.129 e. The van der Waals surface area contributed by atoms with Gasteiger partial charge in [0.1, 0.15) is 11.9 Å². The predicted molar refractivity (Wildman–Crippen MR) is 83.5 cm³/mol. The smallest absolute Gasteiger partial charge is 0.129 e. The van der Waals surface area contributed by atoms with Crippen molar-refractivity contribution in [2.45, 2.75) is 39.3 Å². The zero-order chi connectivity index (χ0) is 15.0. The van der Waals surface area contributed by atoms with Gasteiger partial charge in [-0.25, -0.2) is 0 Å². The third-order valence-corrected chi connectivity index (χ3v) is 4.33. The molecule has 0 saturated carbocycles. The fourth-order valence-electron chi connectivity index (χ4n) is 3.05. The van der Waals surface area contributed by atoms with Gasteiger partial charge in [-0.3, -0.25) is 4.68 Å². The van der Waals surface area contributed by atoms with Crippen LogP contribution in [-0.2, 0) is 7.05 Å². The molecule has 2 atom stereocenters. The van der Waals surface area contributed by atoms with Gasteiger partial charge in [0.15, 0.2) is 0 Å². The molecule has 21 heavy (non-hydrogen) atoms. The Labute approximate surface area is 126 Å². The second kappa shape index (κ2) is 5.53. The molecule has 3 rings (SSSR count). The summed E-state index contributed by atoms with van der Waals surface area (Å²) >= 11 is 0. The molecule has 2 aromatic rings. The first-order chi connectivity index (χ1) is 10.1. The van der Waals surface area contributed by atoms with Gasteiger partial charge in [0.25, 0.3) is 0 Å². The van der Waals surface area contributed by atoms with Crippen molar-refractivity contribution in [3.8, 4) is 5.75 Å². The minimum Gasteiger partial charge on any atom is -0.485 e. The molecular weight excluding hydrogens is 262 g/mol. The Kier molecular flexibility index (Phi) is 3.72. The molecule has 2 heterocycles. The number of hydrogen-bond donors (Lipinski definition) is 1. The Hall–Kier alpha value is -1.81. The van der Waals surface area contributed by atoms with E-state index in [1.165, 1.54) is 22.4 Å². The van der Waals surface area contributed by atoms with E-state index >= 15 is 0 Å². The minimum atomic E-state index is 0.0676.